The van der Waals surface area contributed by atoms with E-state index in [0.29, 0.717) is 18.0 Å². The normalized spacial score (nSPS) is 28.0. The first-order valence-electron chi connectivity index (χ1n) is 8.92. The second kappa shape index (κ2) is 5.67. The minimum Gasteiger partial charge on any atom is -0.334 e. The quantitative estimate of drug-likeness (QED) is 0.862. The van der Waals surface area contributed by atoms with E-state index in [4.69, 9.17) is 0 Å². The number of rotatable bonds is 3. The lowest BCUT2D eigenvalue weighted by molar-refractivity contribution is -0.134. The van der Waals surface area contributed by atoms with Crippen LogP contribution in [0, 0.1) is 12.8 Å². The molecule has 2 aliphatic heterocycles. The van der Waals surface area contributed by atoms with Crippen molar-refractivity contribution in [3.63, 3.8) is 0 Å². The van der Waals surface area contributed by atoms with E-state index in [1.54, 1.807) is 0 Å². The molecule has 3 heterocycles. The van der Waals surface area contributed by atoms with E-state index in [-0.39, 0.29) is 0 Å². The Labute approximate surface area is 132 Å². The van der Waals surface area contributed by atoms with Crippen molar-refractivity contribution in [3.8, 4) is 0 Å². The Morgan fingerprint density at radius 3 is 2.73 bits per heavy atom. The predicted octanol–water partition coefficient (Wildman–Crippen LogP) is 2.47. The van der Waals surface area contributed by atoms with Gasteiger partial charge in [-0.2, -0.15) is 0 Å². The number of aryl methyl sites for hydroxylation is 1. The monoisotopic (exact) mass is 302 g/mol. The maximum absolute atomic E-state index is 12.8. The number of amides is 1. The zero-order chi connectivity index (χ0) is 15.1. The molecule has 5 nitrogen and oxygen atoms in total. The summed E-state index contributed by atoms with van der Waals surface area (Å²) in [5.41, 5.74) is 0. The molecule has 1 aromatic rings. The van der Waals surface area contributed by atoms with Crippen molar-refractivity contribution >= 4 is 5.91 Å². The Balaban J connectivity index is 1.45. The van der Waals surface area contributed by atoms with Crippen molar-refractivity contribution in [2.45, 2.75) is 83.3 Å². The fraction of sp³-hybridized carbons (Fsp3) is 0.824. The molecule has 4 rings (SSSR count). The summed E-state index contributed by atoms with van der Waals surface area (Å²) >= 11 is 0. The molecule has 0 aromatic carbocycles. The van der Waals surface area contributed by atoms with Crippen LogP contribution >= 0.6 is 0 Å². The van der Waals surface area contributed by atoms with Crippen LogP contribution in [0.25, 0.3) is 0 Å². The van der Waals surface area contributed by atoms with Crippen LogP contribution in [0.5, 0.6) is 0 Å². The molecule has 2 unspecified atom stereocenters. The topological polar surface area (TPSA) is 51.0 Å². The van der Waals surface area contributed by atoms with Crippen LogP contribution in [0.4, 0.5) is 0 Å². The zero-order valence-corrected chi connectivity index (χ0v) is 13.5. The van der Waals surface area contributed by atoms with Crippen LogP contribution in [0.3, 0.4) is 0 Å². The Morgan fingerprint density at radius 2 is 1.91 bits per heavy atom. The summed E-state index contributed by atoms with van der Waals surface area (Å²) in [5.74, 6) is 3.24. The van der Waals surface area contributed by atoms with Crippen molar-refractivity contribution < 1.29 is 4.79 Å². The highest BCUT2D eigenvalue weighted by Crippen LogP contribution is 2.34. The van der Waals surface area contributed by atoms with Gasteiger partial charge in [0.1, 0.15) is 11.6 Å². The maximum atomic E-state index is 12.8. The van der Waals surface area contributed by atoms with Gasteiger partial charge in [0.15, 0.2) is 0 Å². The third kappa shape index (κ3) is 2.44. The first kappa shape index (κ1) is 14.2. The van der Waals surface area contributed by atoms with Crippen LogP contribution in [-0.2, 0) is 17.8 Å². The summed E-state index contributed by atoms with van der Waals surface area (Å²) < 4.78 is 2.22. The molecule has 0 spiro atoms. The minimum absolute atomic E-state index is 0.353. The number of nitrogens with zero attached hydrogens (tertiary/aromatic N) is 4. The van der Waals surface area contributed by atoms with Gasteiger partial charge in [-0.25, -0.2) is 0 Å². The van der Waals surface area contributed by atoms with E-state index in [2.05, 4.69) is 19.7 Å². The molecule has 1 aliphatic carbocycles. The number of fused-ring (bicyclic) bond motifs is 3. The Bertz CT molecular complexity index is 561. The third-order valence-corrected chi connectivity index (χ3v) is 5.97. The second-order valence-corrected chi connectivity index (χ2v) is 7.35. The average Bonchev–Trinajstić information content (AvgIpc) is 3.18. The summed E-state index contributed by atoms with van der Waals surface area (Å²) in [6.45, 7) is 2.90. The van der Waals surface area contributed by atoms with E-state index < -0.39 is 0 Å². The van der Waals surface area contributed by atoms with Gasteiger partial charge in [0.2, 0.25) is 5.91 Å². The van der Waals surface area contributed by atoms with Gasteiger partial charge in [-0.1, -0.05) is 25.7 Å². The van der Waals surface area contributed by atoms with Crippen molar-refractivity contribution in [3.05, 3.63) is 11.6 Å². The van der Waals surface area contributed by atoms with E-state index in [9.17, 15) is 4.79 Å². The van der Waals surface area contributed by atoms with Crippen molar-refractivity contribution in [1.82, 2.24) is 19.7 Å². The summed E-state index contributed by atoms with van der Waals surface area (Å²) in [7, 11) is 0. The van der Waals surface area contributed by atoms with E-state index in [1.165, 1.54) is 25.7 Å². The molecule has 5 heteroatoms. The minimum atomic E-state index is 0.353. The first-order valence-corrected chi connectivity index (χ1v) is 8.92. The number of carbonyl (C=O) groups is 1. The molecule has 0 N–H and O–H groups in total. The smallest absolute Gasteiger partial charge is 0.223 e. The molecular formula is C17H26N4O. The molecule has 2 fully saturated rings. The molecule has 0 radical (unpaired) electrons. The SMILES string of the molecule is Cc1nnc2n1CC1CCC(C2)N1C(=O)CCC1CCCC1. The van der Waals surface area contributed by atoms with Gasteiger partial charge in [0.05, 0.1) is 6.04 Å². The largest absolute Gasteiger partial charge is 0.334 e. The molecule has 120 valence electrons. The molecule has 1 saturated heterocycles. The summed E-state index contributed by atoms with van der Waals surface area (Å²) in [6.07, 6.45) is 10.4. The average molecular weight is 302 g/mol. The van der Waals surface area contributed by atoms with Gasteiger partial charge in [-0.3, -0.25) is 4.79 Å². The first-order chi connectivity index (χ1) is 10.7. The second-order valence-electron chi connectivity index (χ2n) is 7.35. The highest BCUT2D eigenvalue weighted by Gasteiger charge is 2.40. The Kier molecular flexibility index (Phi) is 3.66. The van der Waals surface area contributed by atoms with Crippen LogP contribution in [-0.4, -0.2) is 37.7 Å². The van der Waals surface area contributed by atoms with Crippen LogP contribution in [0.15, 0.2) is 0 Å². The highest BCUT2D eigenvalue weighted by molar-refractivity contribution is 5.77. The van der Waals surface area contributed by atoms with Crippen LogP contribution in [0.2, 0.25) is 0 Å². The number of aromatic nitrogens is 3. The predicted molar refractivity (Wildman–Crippen MR) is 83.3 cm³/mol. The summed E-state index contributed by atoms with van der Waals surface area (Å²) in [6, 6.07) is 0.711. The van der Waals surface area contributed by atoms with Gasteiger partial charge in [-0.05, 0) is 32.1 Å². The van der Waals surface area contributed by atoms with Crippen LogP contribution < -0.4 is 0 Å². The van der Waals surface area contributed by atoms with Gasteiger partial charge >= 0.3 is 0 Å². The summed E-state index contributed by atoms with van der Waals surface area (Å²) in [4.78, 5) is 15.0. The van der Waals surface area contributed by atoms with Gasteiger partial charge in [-0.15, -0.1) is 10.2 Å². The molecule has 3 aliphatic rings. The molecule has 1 aromatic heterocycles. The fourth-order valence-corrected chi connectivity index (χ4v) is 4.74. The third-order valence-electron chi connectivity index (χ3n) is 5.97. The highest BCUT2D eigenvalue weighted by atomic mass is 16.2. The molecule has 2 atom stereocenters. The Hall–Kier alpha value is -1.39. The van der Waals surface area contributed by atoms with Crippen molar-refractivity contribution in [1.29, 1.82) is 0 Å². The lowest BCUT2D eigenvalue weighted by Gasteiger charge is -2.28. The fourth-order valence-electron chi connectivity index (χ4n) is 4.74. The zero-order valence-electron chi connectivity index (χ0n) is 13.5. The molecule has 22 heavy (non-hydrogen) atoms. The van der Waals surface area contributed by atoms with Crippen molar-refractivity contribution in [2.75, 3.05) is 0 Å². The lowest BCUT2D eigenvalue weighted by Crippen LogP contribution is -2.42. The van der Waals surface area contributed by atoms with Gasteiger partial charge in [0.25, 0.3) is 0 Å². The molecule has 1 saturated carbocycles. The van der Waals surface area contributed by atoms with Gasteiger partial charge < -0.3 is 9.47 Å². The van der Waals surface area contributed by atoms with E-state index in [0.717, 1.165) is 56.2 Å². The molecule has 1 amide bonds. The van der Waals surface area contributed by atoms with Crippen LogP contribution in [0.1, 0.15) is 63.0 Å². The number of hydrogen-bond acceptors (Lipinski definition) is 3. The summed E-state index contributed by atoms with van der Waals surface area (Å²) in [5, 5.41) is 8.52. The number of hydrogen-bond donors (Lipinski definition) is 0. The van der Waals surface area contributed by atoms with E-state index >= 15 is 0 Å². The standard InChI is InChI=1S/C17H26N4O/c1-12-18-19-16-10-14-7-8-15(11-20(12)16)21(14)17(22)9-6-13-4-2-3-5-13/h13-15H,2-11H2,1H3. The Morgan fingerprint density at radius 1 is 1.14 bits per heavy atom. The van der Waals surface area contributed by atoms with E-state index in [1.807, 2.05) is 6.92 Å². The maximum Gasteiger partial charge on any atom is 0.223 e. The molecule has 2 bridgehead atoms. The molecular weight excluding hydrogens is 276 g/mol. The van der Waals surface area contributed by atoms with Gasteiger partial charge in [0, 0.05) is 25.4 Å². The lowest BCUT2D eigenvalue weighted by atomic mass is 10.0. The number of carbonyl (C=O) groups excluding carboxylic acids is 1. The van der Waals surface area contributed by atoms with Crippen molar-refractivity contribution in [2.24, 2.45) is 5.92 Å².